The van der Waals surface area contributed by atoms with Crippen molar-refractivity contribution in [2.75, 3.05) is 39.4 Å². The number of sulfonamides is 1. The number of nitrogens with one attached hydrogen (secondary N) is 2. The van der Waals surface area contributed by atoms with Crippen LogP contribution >= 0.6 is 0 Å². The van der Waals surface area contributed by atoms with Crippen LogP contribution in [0.1, 0.15) is 52.6 Å². The minimum atomic E-state index is -3.54. The molecule has 1 aliphatic rings. The maximum Gasteiger partial charge on any atom is 0.251 e. The van der Waals surface area contributed by atoms with Crippen LogP contribution in [0.25, 0.3) is 0 Å². The lowest BCUT2D eigenvalue weighted by Crippen LogP contribution is -2.43. The Bertz CT molecular complexity index is 1490. The molecule has 1 amide bonds. The highest BCUT2D eigenvalue weighted by Crippen LogP contribution is 2.23. The fourth-order valence-electron chi connectivity index (χ4n) is 5.01. The highest BCUT2D eigenvalue weighted by Gasteiger charge is 2.26. The van der Waals surface area contributed by atoms with Gasteiger partial charge in [0.2, 0.25) is 10.0 Å². The SMILES string of the molecule is CC(C)(Cc1cccc(C(=O)NCCc2ccc(S(=O)(=O)N3CCOCC3)cc2)c1)NC[C@@H](O)c1ccc(O)c(CO)c1. The third kappa shape index (κ3) is 8.85. The minimum Gasteiger partial charge on any atom is -0.508 e. The van der Waals surface area contributed by atoms with Crippen molar-refractivity contribution in [1.29, 1.82) is 0 Å². The number of aliphatic hydroxyl groups excluding tert-OH is 2. The number of aliphatic hydroxyl groups is 2. The lowest BCUT2D eigenvalue weighted by molar-refractivity contribution is 0.0730. The first-order chi connectivity index (χ1) is 20.5. The molecule has 3 aromatic carbocycles. The van der Waals surface area contributed by atoms with Crippen molar-refractivity contribution in [2.24, 2.45) is 0 Å². The molecule has 0 radical (unpaired) electrons. The summed E-state index contributed by atoms with van der Waals surface area (Å²) in [7, 11) is -3.54. The van der Waals surface area contributed by atoms with Crippen molar-refractivity contribution in [3.8, 4) is 5.75 Å². The van der Waals surface area contributed by atoms with E-state index in [1.54, 1.807) is 42.5 Å². The largest absolute Gasteiger partial charge is 0.508 e. The van der Waals surface area contributed by atoms with E-state index in [-0.39, 0.29) is 29.7 Å². The zero-order chi connectivity index (χ0) is 31.0. The summed E-state index contributed by atoms with van der Waals surface area (Å²) in [5, 5.41) is 36.1. The second-order valence-corrected chi connectivity index (χ2v) is 13.3. The maximum atomic E-state index is 12.9. The van der Waals surface area contributed by atoms with Crippen molar-refractivity contribution in [2.45, 2.75) is 49.8 Å². The Morgan fingerprint density at radius 2 is 1.74 bits per heavy atom. The van der Waals surface area contributed by atoms with Gasteiger partial charge in [0.05, 0.1) is 30.8 Å². The third-order valence-corrected chi connectivity index (χ3v) is 9.41. The van der Waals surface area contributed by atoms with E-state index in [1.807, 2.05) is 32.0 Å². The summed E-state index contributed by atoms with van der Waals surface area (Å²) in [6.45, 7) is 5.87. The van der Waals surface area contributed by atoms with Crippen LogP contribution < -0.4 is 10.6 Å². The quantitative estimate of drug-likeness (QED) is 0.198. The smallest absolute Gasteiger partial charge is 0.251 e. The van der Waals surface area contributed by atoms with E-state index in [4.69, 9.17) is 4.74 Å². The Hall–Kier alpha value is -3.32. The van der Waals surface area contributed by atoms with Crippen LogP contribution in [0.4, 0.5) is 0 Å². The molecule has 0 aliphatic carbocycles. The van der Waals surface area contributed by atoms with Gasteiger partial charge in [-0.25, -0.2) is 8.42 Å². The van der Waals surface area contributed by atoms with E-state index >= 15 is 0 Å². The number of morpholine rings is 1. The van der Waals surface area contributed by atoms with Gasteiger partial charge in [-0.05, 0) is 79.8 Å². The molecule has 11 heteroatoms. The number of carbonyl (C=O) groups is 1. The molecule has 0 bridgehead atoms. The zero-order valence-corrected chi connectivity index (χ0v) is 25.4. The number of hydrogen-bond acceptors (Lipinski definition) is 8. The number of aromatic hydroxyl groups is 1. The molecule has 10 nitrogen and oxygen atoms in total. The van der Waals surface area contributed by atoms with Crippen LogP contribution in [0.2, 0.25) is 0 Å². The number of phenols is 1. The summed E-state index contributed by atoms with van der Waals surface area (Å²) >= 11 is 0. The molecule has 0 unspecified atom stereocenters. The first-order valence-electron chi connectivity index (χ1n) is 14.4. The number of benzene rings is 3. The van der Waals surface area contributed by atoms with Crippen LogP contribution in [-0.4, -0.2) is 78.9 Å². The van der Waals surface area contributed by atoms with Gasteiger partial charge in [0.1, 0.15) is 5.75 Å². The molecule has 4 rings (SSSR count). The fourth-order valence-corrected chi connectivity index (χ4v) is 6.42. The van der Waals surface area contributed by atoms with E-state index in [0.717, 1.165) is 11.1 Å². The molecule has 1 atom stereocenters. The molecule has 232 valence electrons. The summed E-state index contributed by atoms with van der Waals surface area (Å²) in [4.78, 5) is 13.1. The number of nitrogens with zero attached hydrogens (tertiary/aromatic N) is 1. The molecular formula is C32H41N3O7S. The van der Waals surface area contributed by atoms with Gasteiger partial charge in [-0.3, -0.25) is 4.79 Å². The molecule has 1 fully saturated rings. The van der Waals surface area contributed by atoms with Crippen molar-refractivity contribution >= 4 is 15.9 Å². The van der Waals surface area contributed by atoms with Gasteiger partial charge in [0, 0.05) is 42.8 Å². The van der Waals surface area contributed by atoms with Crippen LogP contribution in [0.5, 0.6) is 5.75 Å². The topological polar surface area (TPSA) is 148 Å². The van der Waals surface area contributed by atoms with E-state index < -0.39 is 21.7 Å². The number of hydrogen-bond donors (Lipinski definition) is 5. The predicted octanol–water partition coefficient (Wildman–Crippen LogP) is 2.52. The number of ether oxygens (including phenoxy) is 1. The van der Waals surface area contributed by atoms with E-state index in [0.29, 0.717) is 62.4 Å². The molecule has 0 aromatic heterocycles. The minimum absolute atomic E-state index is 0.0120. The summed E-state index contributed by atoms with van der Waals surface area (Å²) in [6.07, 6.45) is 0.342. The second-order valence-electron chi connectivity index (χ2n) is 11.4. The van der Waals surface area contributed by atoms with E-state index in [1.165, 1.54) is 10.4 Å². The summed E-state index contributed by atoms with van der Waals surface area (Å²) in [5.41, 5.74) is 2.99. The standard InChI is InChI=1S/C32H41N3O7S/c1-32(2,34-21-30(38)25-8-11-29(37)27(19-25)22-36)20-24-4-3-5-26(18-24)31(39)33-13-12-23-6-9-28(10-7-23)43(40,41)35-14-16-42-17-15-35/h3-11,18-19,30,34,36-38H,12-17,20-22H2,1-2H3,(H,33,39)/t30-/m1/s1. The van der Waals surface area contributed by atoms with Crippen molar-refractivity contribution in [3.63, 3.8) is 0 Å². The Balaban J connectivity index is 1.26. The van der Waals surface area contributed by atoms with Crippen molar-refractivity contribution in [1.82, 2.24) is 14.9 Å². The number of rotatable bonds is 13. The highest BCUT2D eigenvalue weighted by molar-refractivity contribution is 7.89. The molecule has 5 N–H and O–H groups in total. The van der Waals surface area contributed by atoms with Gasteiger partial charge >= 0.3 is 0 Å². The first kappa shape index (κ1) is 32.6. The van der Waals surface area contributed by atoms with Crippen LogP contribution in [0.3, 0.4) is 0 Å². The fraction of sp³-hybridized carbons (Fsp3) is 0.406. The molecule has 1 heterocycles. The summed E-state index contributed by atoms with van der Waals surface area (Å²) in [6, 6.07) is 18.9. The van der Waals surface area contributed by atoms with Crippen LogP contribution in [0.15, 0.2) is 71.6 Å². The van der Waals surface area contributed by atoms with E-state index in [9.17, 15) is 28.5 Å². The summed E-state index contributed by atoms with van der Waals surface area (Å²) in [5.74, 6) is -0.205. The lowest BCUT2D eigenvalue weighted by atomic mass is 9.93. The molecular weight excluding hydrogens is 570 g/mol. The van der Waals surface area contributed by atoms with Gasteiger partial charge in [0.15, 0.2) is 0 Å². The number of amides is 1. The zero-order valence-electron chi connectivity index (χ0n) is 24.6. The Kier molecular flexibility index (Phi) is 10.9. The van der Waals surface area contributed by atoms with Gasteiger partial charge in [-0.1, -0.05) is 30.3 Å². The average molecular weight is 612 g/mol. The lowest BCUT2D eigenvalue weighted by Gasteiger charge is -2.28. The molecule has 43 heavy (non-hydrogen) atoms. The molecule has 1 aliphatic heterocycles. The Morgan fingerprint density at radius 3 is 2.44 bits per heavy atom. The van der Waals surface area contributed by atoms with Gasteiger partial charge in [-0.2, -0.15) is 4.31 Å². The second kappa shape index (κ2) is 14.4. The molecule has 1 saturated heterocycles. The Labute approximate surface area is 253 Å². The van der Waals surface area contributed by atoms with Gasteiger partial charge in [-0.15, -0.1) is 0 Å². The van der Waals surface area contributed by atoms with E-state index in [2.05, 4.69) is 10.6 Å². The molecule has 0 saturated carbocycles. The number of carbonyl (C=O) groups excluding carboxylic acids is 1. The van der Waals surface area contributed by atoms with Crippen molar-refractivity contribution in [3.05, 3.63) is 94.5 Å². The Morgan fingerprint density at radius 1 is 1.02 bits per heavy atom. The van der Waals surface area contributed by atoms with Crippen LogP contribution in [-0.2, 0) is 34.2 Å². The van der Waals surface area contributed by atoms with Crippen LogP contribution in [0, 0.1) is 0 Å². The third-order valence-electron chi connectivity index (χ3n) is 7.50. The highest BCUT2D eigenvalue weighted by atomic mass is 32.2. The van der Waals surface area contributed by atoms with Gasteiger partial charge in [0.25, 0.3) is 5.91 Å². The van der Waals surface area contributed by atoms with Gasteiger partial charge < -0.3 is 30.7 Å². The summed E-state index contributed by atoms with van der Waals surface area (Å²) < 4.78 is 32.3. The molecule has 0 spiro atoms. The first-order valence-corrected chi connectivity index (χ1v) is 15.8. The molecule has 3 aromatic rings. The normalized spacial score (nSPS) is 15.3. The maximum absolute atomic E-state index is 12.9. The monoisotopic (exact) mass is 611 g/mol. The predicted molar refractivity (Wildman–Crippen MR) is 163 cm³/mol. The number of β-amino-alcohol motifs (C(OH)–C–C–N with tert-alkyl or cyclic N) is 1. The van der Waals surface area contributed by atoms with Crippen molar-refractivity contribution < 1.29 is 33.3 Å². The average Bonchev–Trinajstić information content (AvgIpc) is 3.00.